The van der Waals surface area contributed by atoms with Crippen molar-refractivity contribution in [1.82, 2.24) is 30.0 Å². The Morgan fingerprint density at radius 2 is 2.18 bits per heavy atom. The molecule has 1 atom stereocenters. The largest absolute Gasteiger partial charge is 0.377 e. The topological polar surface area (TPSA) is 108 Å². The van der Waals surface area contributed by atoms with Gasteiger partial charge in [-0.25, -0.2) is 4.68 Å². The van der Waals surface area contributed by atoms with Crippen LogP contribution in [0.3, 0.4) is 0 Å². The lowest BCUT2D eigenvalue weighted by molar-refractivity contribution is -0.0239. The molecule has 0 radical (unpaired) electrons. The molecule has 0 N–H and O–H groups in total. The molecule has 1 saturated heterocycles. The normalized spacial score (nSPS) is 17.0. The molecule has 28 heavy (non-hydrogen) atoms. The minimum Gasteiger partial charge on any atom is -0.377 e. The molecule has 4 rings (SSSR count). The number of para-hydroxylation sites is 1. The van der Waals surface area contributed by atoms with Gasteiger partial charge in [-0.1, -0.05) is 28.6 Å². The molecule has 3 heterocycles. The number of aromatic nitrogens is 5. The Kier molecular flexibility index (Phi) is 5.40. The number of amides is 1. The Bertz CT molecular complexity index is 925. The molecule has 1 aliphatic heterocycles. The van der Waals surface area contributed by atoms with Crippen LogP contribution in [-0.2, 0) is 22.5 Å². The molecular weight excluding hydrogens is 364 g/mol. The van der Waals surface area contributed by atoms with E-state index in [-0.39, 0.29) is 18.6 Å². The number of ether oxygens (including phenoxy) is 2. The van der Waals surface area contributed by atoms with Crippen molar-refractivity contribution < 1.29 is 18.8 Å². The fraction of sp³-hybridized carbons (Fsp3) is 0.389. The predicted octanol–water partition coefficient (Wildman–Crippen LogP) is 0.880. The van der Waals surface area contributed by atoms with Gasteiger partial charge in [0.2, 0.25) is 5.89 Å². The van der Waals surface area contributed by atoms with E-state index in [4.69, 9.17) is 14.0 Å². The van der Waals surface area contributed by atoms with Crippen LogP contribution in [0.2, 0.25) is 0 Å². The summed E-state index contributed by atoms with van der Waals surface area (Å²) in [4.78, 5) is 18.8. The van der Waals surface area contributed by atoms with E-state index in [1.165, 1.54) is 0 Å². The Morgan fingerprint density at radius 3 is 3.00 bits per heavy atom. The van der Waals surface area contributed by atoms with Gasteiger partial charge in [0, 0.05) is 20.2 Å². The van der Waals surface area contributed by atoms with Crippen LogP contribution in [0.4, 0.5) is 0 Å². The maximum absolute atomic E-state index is 12.8. The first kappa shape index (κ1) is 18.3. The summed E-state index contributed by atoms with van der Waals surface area (Å²) in [5, 5.41) is 11.9. The first-order valence-corrected chi connectivity index (χ1v) is 8.92. The van der Waals surface area contributed by atoms with Gasteiger partial charge >= 0.3 is 0 Å². The first-order chi connectivity index (χ1) is 13.7. The van der Waals surface area contributed by atoms with Gasteiger partial charge in [-0.3, -0.25) is 4.79 Å². The van der Waals surface area contributed by atoms with E-state index in [9.17, 15) is 4.79 Å². The quantitative estimate of drug-likeness (QED) is 0.616. The molecule has 0 aliphatic carbocycles. The molecule has 3 aromatic rings. The molecule has 146 valence electrons. The van der Waals surface area contributed by atoms with Gasteiger partial charge in [-0.15, -0.1) is 5.10 Å². The summed E-state index contributed by atoms with van der Waals surface area (Å²) in [5.41, 5.74) is 1.14. The van der Waals surface area contributed by atoms with Crippen LogP contribution < -0.4 is 0 Å². The molecule has 0 spiro atoms. The Morgan fingerprint density at radius 1 is 1.32 bits per heavy atom. The Hall–Kier alpha value is -3.11. The summed E-state index contributed by atoms with van der Waals surface area (Å²) in [5.74, 6) is 0.765. The third kappa shape index (κ3) is 4.07. The minimum absolute atomic E-state index is 0.180. The Balaban J connectivity index is 1.40. The lowest BCUT2D eigenvalue weighted by atomic mass is 10.2. The Labute approximate surface area is 161 Å². The molecule has 0 unspecified atom stereocenters. The first-order valence-electron chi connectivity index (χ1n) is 8.92. The molecule has 10 heteroatoms. The number of methoxy groups -OCH3 is 1. The average molecular weight is 384 g/mol. The molecule has 0 saturated carbocycles. The lowest BCUT2D eigenvalue weighted by Crippen LogP contribution is -2.46. The fourth-order valence-electron chi connectivity index (χ4n) is 3.01. The van der Waals surface area contributed by atoms with Crippen LogP contribution in [0.5, 0.6) is 0 Å². The van der Waals surface area contributed by atoms with Gasteiger partial charge in [-0.05, 0) is 12.1 Å². The van der Waals surface area contributed by atoms with Crippen molar-refractivity contribution in [2.75, 3.05) is 26.8 Å². The summed E-state index contributed by atoms with van der Waals surface area (Å²) in [6.07, 6.45) is 1.84. The average Bonchev–Trinajstić information content (AvgIpc) is 3.39. The van der Waals surface area contributed by atoms with Crippen LogP contribution in [-0.4, -0.2) is 68.9 Å². The highest BCUT2D eigenvalue weighted by molar-refractivity contribution is 5.92. The number of carbonyl (C=O) groups excluding carboxylic acids is 1. The van der Waals surface area contributed by atoms with E-state index < -0.39 is 0 Å². The lowest BCUT2D eigenvalue weighted by Gasteiger charge is -2.31. The van der Waals surface area contributed by atoms with Crippen LogP contribution in [0, 0.1) is 0 Å². The van der Waals surface area contributed by atoms with Crippen molar-refractivity contribution in [2.45, 2.75) is 19.1 Å². The molecular formula is C18H20N6O4. The number of hydrogen-bond donors (Lipinski definition) is 0. The molecule has 2 aromatic heterocycles. The van der Waals surface area contributed by atoms with Crippen LogP contribution in [0.1, 0.15) is 22.2 Å². The van der Waals surface area contributed by atoms with Crippen molar-refractivity contribution in [2.24, 2.45) is 0 Å². The van der Waals surface area contributed by atoms with E-state index in [0.717, 1.165) is 5.69 Å². The second-order valence-corrected chi connectivity index (χ2v) is 6.37. The second kappa shape index (κ2) is 8.28. The standard InChI is InChI=1S/C18H20N6O4/c1-26-12-16-19-17(28-21-16)9-14-10-23(7-8-27-14)18(25)15-11-24(22-20-15)13-5-3-2-4-6-13/h2-6,11,14H,7-10,12H2,1H3/t14-/m0/s1. The molecule has 1 aliphatic rings. The predicted molar refractivity (Wildman–Crippen MR) is 95.7 cm³/mol. The van der Waals surface area contributed by atoms with Crippen LogP contribution >= 0.6 is 0 Å². The van der Waals surface area contributed by atoms with E-state index in [1.54, 1.807) is 22.9 Å². The highest BCUT2D eigenvalue weighted by Gasteiger charge is 2.28. The van der Waals surface area contributed by atoms with Gasteiger partial charge in [-0.2, -0.15) is 4.98 Å². The minimum atomic E-state index is -0.224. The number of rotatable bonds is 6. The van der Waals surface area contributed by atoms with E-state index in [2.05, 4.69) is 20.5 Å². The summed E-state index contributed by atoms with van der Waals surface area (Å²) < 4.78 is 17.5. The third-order valence-corrected chi connectivity index (χ3v) is 4.35. The van der Waals surface area contributed by atoms with E-state index in [0.29, 0.717) is 43.5 Å². The number of benzene rings is 1. The van der Waals surface area contributed by atoms with Crippen LogP contribution in [0.25, 0.3) is 5.69 Å². The second-order valence-electron chi connectivity index (χ2n) is 6.37. The van der Waals surface area contributed by atoms with Crippen LogP contribution in [0.15, 0.2) is 41.1 Å². The van der Waals surface area contributed by atoms with Gasteiger partial charge < -0.3 is 18.9 Å². The zero-order chi connectivity index (χ0) is 19.3. The zero-order valence-electron chi connectivity index (χ0n) is 15.4. The summed E-state index contributed by atoms with van der Waals surface area (Å²) >= 11 is 0. The molecule has 10 nitrogen and oxygen atoms in total. The monoisotopic (exact) mass is 384 g/mol. The van der Waals surface area contributed by atoms with Crippen molar-refractivity contribution in [3.63, 3.8) is 0 Å². The summed E-state index contributed by atoms with van der Waals surface area (Å²) in [6, 6.07) is 9.52. The molecule has 0 bridgehead atoms. The maximum atomic E-state index is 12.8. The summed E-state index contributed by atoms with van der Waals surface area (Å²) in [6.45, 7) is 1.63. The number of hydrogen-bond acceptors (Lipinski definition) is 8. The molecule has 1 amide bonds. The molecule has 1 aromatic carbocycles. The van der Waals surface area contributed by atoms with Crippen molar-refractivity contribution in [3.05, 3.63) is 53.9 Å². The highest BCUT2D eigenvalue weighted by atomic mass is 16.5. The summed E-state index contributed by atoms with van der Waals surface area (Å²) in [7, 11) is 1.57. The zero-order valence-corrected chi connectivity index (χ0v) is 15.4. The van der Waals surface area contributed by atoms with Gasteiger partial charge in [0.1, 0.15) is 6.61 Å². The van der Waals surface area contributed by atoms with Gasteiger partial charge in [0.15, 0.2) is 11.5 Å². The van der Waals surface area contributed by atoms with Gasteiger partial charge in [0.25, 0.3) is 5.91 Å². The fourth-order valence-corrected chi connectivity index (χ4v) is 3.01. The SMILES string of the molecule is COCc1noc(C[C@H]2CN(C(=O)c3cn(-c4ccccc4)nn3)CCO2)n1. The van der Waals surface area contributed by atoms with Crippen molar-refractivity contribution >= 4 is 5.91 Å². The van der Waals surface area contributed by atoms with Crippen molar-refractivity contribution in [3.8, 4) is 5.69 Å². The van der Waals surface area contributed by atoms with Crippen molar-refractivity contribution in [1.29, 1.82) is 0 Å². The number of carbonyl (C=O) groups is 1. The van der Waals surface area contributed by atoms with E-state index in [1.807, 2.05) is 30.3 Å². The van der Waals surface area contributed by atoms with E-state index >= 15 is 0 Å². The molecule has 1 fully saturated rings. The number of morpholine rings is 1. The van der Waals surface area contributed by atoms with Gasteiger partial charge in [0.05, 0.1) is 31.0 Å². The smallest absolute Gasteiger partial charge is 0.276 e. The highest BCUT2D eigenvalue weighted by Crippen LogP contribution is 2.14. The third-order valence-electron chi connectivity index (χ3n) is 4.35. The number of nitrogens with zero attached hydrogens (tertiary/aromatic N) is 6. The maximum Gasteiger partial charge on any atom is 0.276 e.